The predicted octanol–water partition coefficient (Wildman–Crippen LogP) is 1.24. The molecule has 1 atom stereocenters. The number of aliphatic carboxylic acids is 1. The standard InChI is InChI=1S/C16H31N3O2/c1-12(2)17-16(15(20)21,13-5-6-13)11-19-9-7-14(8-10-19)18(3)4/h12-14,17H,5-11H2,1-4H3,(H,20,21). The maximum absolute atomic E-state index is 12.0. The van der Waals surface area contributed by atoms with Crippen LogP contribution >= 0.6 is 0 Å². The molecule has 0 aromatic heterocycles. The topological polar surface area (TPSA) is 55.8 Å². The lowest BCUT2D eigenvalue weighted by Crippen LogP contribution is -2.63. The first-order valence-electron chi connectivity index (χ1n) is 8.25. The highest BCUT2D eigenvalue weighted by Gasteiger charge is 2.52. The molecule has 0 bridgehead atoms. The zero-order valence-corrected chi connectivity index (χ0v) is 13.9. The van der Waals surface area contributed by atoms with Crippen molar-refractivity contribution in [2.24, 2.45) is 5.92 Å². The Morgan fingerprint density at radius 1 is 1.29 bits per heavy atom. The van der Waals surface area contributed by atoms with E-state index < -0.39 is 11.5 Å². The fourth-order valence-electron chi connectivity index (χ4n) is 3.63. The SMILES string of the molecule is CC(C)NC(CN1CCC(N(C)C)CC1)(C(=O)O)C1CC1. The fourth-order valence-corrected chi connectivity index (χ4v) is 3.63. The van der Waals surface area contributed by atoms with Crippen LogP contribution in [-0.4, -0.2) is 72.2 Å². The number of hydrogen-bond acceptors (Lipinski definition) is 4. The summed E-state index contributed by atoms with van der Waals surface area (Å²) < 4.78 is 0. The molecule has 2 aliphatic rings. The number of rotatable bonds is 7. The van der Waals surface area contributed by atoms with E-state index >= 15 is 0 Å². The van der Waals surface area contributed by atoms with Crippen LogP contribution in [0.3, 0.4) is 0 Å². The van der Waals surface area contributed by atoms with Crippen LogP contribution < -0.4 is 5.32 Å². The second kappa shape index (κ2) is 6.63. The maximum atomic E-state index is 12.0. The first-order chi connectivity index (χ1) is 9.85. The van der Waals surface area contributed by atoms with E-state index in [0.717, 1.165) is 38.8 Å². The second-order valence-corrected chi connectivity index (χ2v) is 7.32. The monoisotopic (exact) mass is 297 g/mol. The van der Waals surface area contributed by atoms with Gasteiger partial charge >= 0.3 is 5.97 Å². The first kappa shape index (κ1) is 16.7. The minimum atomic E-state index is -0.751. The lowest BCUT2D eigenvalue weighted by molar-refractivity contribution is -0.147. The zero-order valence-electron chi connectivity index (χ0n) is 13.9. The lowest BCUT2D eigenvalue weighted by atomic mass is 9.90. The average molecular weight is 297 g/mol. The summed E-state index contributed by atoms with van der Waals surface area (Å²) in [6.45, 7) is 6.73. The third kappa shape index (κ3) is 3.96. The molecular formula is C16H31N3O2. The summed E-state index contributed by atoms with van der Waals surface area (Å²) in [4.78, 5) is 16.6. The maximum Gasteiger partial charge on any atom is 0.325 e. The summed E-state index contributed by atoms with van der Waals surface area (Å²) in [5.41, 5.74) is -0.751. The van der Waals surface area contributed by atoms with Gasteiger partial charge < -0.3 is 14.9 Å². The molecule has 1 saturated heterocycles. The Balaban J connectivity index is 2.01. The molecule has 0 amide bonds. The van der Waals surface area contributed by atoms with Gasteiger partial charge in [-0.3, -0.25) is 10.1 Å². The summed E-state index contributed by atoms with van der Waals surface area (Å²) in [6.07, 6.45) is 4.35. The number of carboxylic acid groups (broad SMARTS) is 1. The fraction of sp³-hybridized carbons (Fsp3) is 0.938. The normalized spacial score (nSPS) is 24.5. The van der Waals surface area contributed by atoms with Crippen molar-refractivity contribution in [2.45, 2.75) is 57.2 Å². The smallest absolute Gasteiger partial charge is 0.325 e. The number of carbonyl (C=O) groups is 1. The van der Waals surface area contributed by atoms with Crippen LogP contribution in [0.25, 0.3) is 0 Å². The summed E-state index contributed by atoms with van der Waals surface area (Å²) in [7, 11) is 4.26. The van der Waals surface area contributed by atoms with E-state index in [0.29, 0.717) is 18.5 Å². The lowest BCUT2D eigenvalue weighted by Gasteiger charge is -2.41. The molecule has 122 valence electrons. The molecule has 2 rings (SSSR count). The molecule has 0 radical (unpaired) electrons. The van der Waals surface area contributed by atoms with E-state index in [-0.39, 0.29) is 6.04 Å². The van der Waals surface area contributed by atoms with Crippen molar-refractivity contribution < 1.29 is 9.90 Å². The summed E-state index contributed by atoms with van der Waals surface area (Å²) in [5.74, 6) is -0.377. The molecule has 1 aliphatic carbocycles. The summed E-state index contributed by atoms with van der Waals surface area (Å²) in [5, 5.41) is 13.2. The molecule has 21 heavy (non-hydrogen) atoms. The van der Waals surface area contributed by atoms with Gasteiger partial charge in [-0.15, -0.1) is 0 Å². The highest BCUT2D eigenvalue weighted by atomic mass is 16.4. The van der Waals surface area contributed by atoms with Gasteiger partial charge in [0, 0.05) is 18.6 Å². The van der Waals surface area contributed by atoms with Gasteiger partial charge in [0.2, 0.25) is 0 Å². The molecule has 5 nitrogen and oxygen atoms in total. The van der Waals surface area contributed by atoms with Crippen molar-refractivity contribution in [1.82, 2.24) is 15.1 Å². The van der Waals surface area contributed by atoms with Crippen molar-refractivity contribution >= 4 is 5.97 Å². The van der Waals surface area contributed by atoms with Crippen LogP contribution in [0.4, 0.5) is 0 Å². The minimum Gasteiger partial charge on any atom is -0.480 e. The molecule has 1 aliphatic heterocycles. The van der Waals surface area contributed by atoms with E-state index in [1.807, 2.05) is 13.8 Å². The molecule has 1 heterocycles. The molecule has 0 aromatic rings. The van der Waals surface area contributed by atoms with Crippen molar-refractivity contribution in [2.75, 3.05) is 33.7 Å². The Hall–Kier alpha value is -0.650. The summed E-state index contributed by atoms with van der Waals surface area (Å²) >= 11 is 0. The molecule has 5 heteroatoms. The number of hydrogen-bond donors (Lipinski definition) is 2. The Morgan fingerprint density at radius 2 is 1.86 bits per heavy atom. The molecular weight excluding hydrogens is 266 g/mol. The Bertz CT molecular complexity index is 361. The van der Waals surface area contributed by atoms with Crippen LogP contribution in [-0.2, 0) is 4.79 Å². The van der Waals surface area contributed by atoms with Gasteiger partial charge in [0.1, 0.15) is 5.54 Å². The Kier molecular flexibility index (Phi) is 5.28. The van der Waals surface area contributed by atoms with E-state index in [9.17, 15) is 9.90 Å². The molecule has 0 aromatic carbocycles. The van der Waals surface area contributed by atoms with E-state index in [4.69, 9.17) is 0 Å². The van der Waals surface area contributed by atoms with Gasteiger partial charge in [-0.25, -0.2) is 0 Å². The van der Waals surface area contributed by atoms with Crippen LogP contribution in [0.5, 0.6) is 0 Å². The minimum absolute atomic E-state index is 0.195. The zero-order chi connectivity index (χ0) is 15.6. The first-order valence-corrected chi connectivity index (χ1v) is 8.25. The second-order valence-electron chi connectivity index (χ2n) is 7.32. The highest BCUT2D eigenvalue weighted by molar-refractivity contribution is 5.80. The Labute approximate surface area is 128 Å². The molecule has 2 N–H and O–H groups in total. The Morgan fingerprint density at radius 3 is 2.24 bits per heavy atom. The van der Waals surface area contributed by atoms with Crippen LogP contribution in [0.1, 0.15) is 39.5 Å². The quantitative estimate of drug-likeness (QED) is 0.740. The molecule has 1 saturated carbocycles. The van der Waals surface area contributed by atoms with Crippen molar-refractivity contribution in [3.63, 3.8) is 0 Å². The van der Waals surface area contributed by atoms with Crippen molar-refractivity contribution in [1.29, 1.82) is 0 Å². The number of piperidine rings is 1. The molecule has 1 unspecified atom stereocenters. The van der Waals surface area contributed by atoms with E-state index in [2.05, 4.69) is 29.2 Å². The van der Waals surface area contributed by atoms with Gasteiger partial charge in [-0.2, -0.15) is 0 Å². The van der Waals surface area contributed by atoms with Gasteiger partial charge in [-0.1, -0.05) is 0 Å². The van der Waals surface area contributed by atoms with Crippen molar-refractivity contribution in [3.8, 4) is 0 Å². The number of likely N-dealkylation sites (tertiary alicyclic amines) is 1. The number of carboxylic acids is 1. The van der Waals surface area contributed by atoms with Gasteiger partial charge in [-0.05, 0) is 72.6 Å². The van der Waals surface area contributed by atoms with Crippen molar-refractivity contribution in [3.05, 3.63) is 0 Å². The van der Waals surface area contributed by atoms with Gasteiger partial charge in [0.15, 0.2) is 0 Å². The summed E-state index contributed by atoms with van der Waals surface area (Å²) in [6, 6.07) is 0.834. The largest absolute Gasteiger partial charge is 0.480 e. The van der Waals surface area contributed by atoms with Gasteiger partial charge in [0.05, 0.1) is 0 Å². The van der Waals surface area contributed by atoms with Crippen LogP contribution in [0.15, 0.2) is 0 Å². The third-order valence-corrected chi connectivity index (χ3v) is 4.96. The van der Waals surface area contributed by atoms with E-state index in [1.54, 1.807) is 0 Å². The predicted molar refractivity (Wildman–Crippen MR) is 84.5 cm³/mol. The van der Waals surface area contributed by atoms with Gasteiger partial charge in [0.25, 0.3) is 0 Å². The number of nitrogens with zero attached hydrogens (tertiary/aromatic N) is 2. The van der Waals surface area contributed by atoms with Crippen LogP contribution in [0.2, 0.25) is 0 Å². The number of nitrogens with one attached hydrogen (secondary N) is 1. The highest BCUT2D eigenvalue weighted by Crippen LogP contribution is 2.41. The molecule has 2 fully saturated rings. The molecule has 0 spiro atoms. The third-order valence-electron chi connectivity index (χ3n) is 4.96. The van der Waals surface area contributed by atoms with Crippen LogP contribution in [0, 0.1) is 5.92 Å². The van der Waals surface area contributed by atoms with E-state index in [1.165, 1.54) is 0 Å². The average Bonchev–Trinajstić information content (AvgIpc) is 3.22.